The quantitative estimate of drug-likeness (QED) is 0.413. The van der Waals surface area contributed by atoms with Gasteiger partial charge in [-0.2, -0.15) is 0 Å². The largest absolute Gasteiger partial charge is 0.351 e. The van der Waals surface area contributed by atoms with E-state index in [-0.39, 0.29) is 6.17 Å². The summed E-state index contributed by atoms with van der Waals surface area (Å²) < 4.78 is 0. The zero-order valence-electron chi connectivity index (χ0n) is 14.7. The van der Waals surface area contributed by atoms with E-state index in [1.54, 1.807) is 0 Å². The first-order chi connectivity index (χ1) is 12.6. The van der Waals surface area contributed by atoms with Crippen molar-refractivity contribution in [1.82, 2.24) is 5.32 Å². The predicted molar refractivity (Wildman–Crippen MR) is 111 cm³/mol. The Labute approximate surface area is 159 Å². The molecule has 1 N–H and O–H groups in total. The highest BCUT2D eigenvalue weighted by Gasteiger charge is 2.10. The Hall–Kier alpha value is -2.84. The Morgan fingerprint density at radius 3 is 1.96 bits per heavy atom. The molecule has 0 spiro atoms. The molecule has 0 saturated carbocycles. The summed E-state index contributed by atoms with van der Waals surface area (Å²) >= 11 is 5.97. The molecule has 0 aromatic heterocycles. The number of nitrogens with zero attached hydrogens (tertiary/aromatic N) is 1. The second-order valence-corrected chi connectivity index (χ2v) is 6.48. The van der Waals surface area contributed by atoms with Gasteiger partial charge in [0.2, 0.25) is 0 Å². The first kappa shape index (κ1) is 18.0. The van der Waals surface area contributed by atoms with E-state index in [1.165, 1.54) is 11.1 Å². The maximum atomic E-state index is 5.97. The second kappa shape index (κ2) is 8.50. The highest BCUT2D eigenvalue weighted by molar-refractivity contribution is 6.28. The lowest BCUT2D eigenvalue weighted by molar-refractivity contribution is 0.649. The van der Waals surface area contributed by atoms with E-state index in [4.69, 9.17) is 16.6 Å². The number of aliphatic imine (C=N–C) groups is 1. The smallest absolute Gasteiger partial charge is 0.145 e. The average molecular weight is 361 g/mol. The molecular weight excluding hydrogens is 340 g/mol. The Morgan fingerprint density at radius 1 is 0.846 bits per heavy atom. The van der Waals surface area contributed by atoms with Gasteiger partial charge in [0.1, 0.15) is 6.17 Å². The highest BCUT2D eigenvalue weighted by atomic mass is 35.5. The molecule has 3 rings (SSSR count). The minimum Gasteiger partial charge on any atom is -0.351 e. The number of halogens is 1. The van der Waals surface area contributed by atoms with Crippen molar-refractivity contribution in [2.24, 2.45) is 4.99 Å². The first-order valence-electron chi connectivity index (χ1n) is 8.49. The zero-order chi connectivity index (χ0) is 18.4. The third kappa shape index (κ3) is 4.62. The van der Waals surface area contributed by atoms with Gasteiger partial charge in [0.25, 0.3) is 0 Å². The van der Waals surface area contributed by atoms with Gasteiger partial charge in [0.15, 0.2) is 0 Å². The van der Waals surface area contributed by atoms with E-state index < -0.39 is 0 Å². The van der Waals surface area contributed by atoms with Crippen LogP contribution in [0, 0.1) is 0 Å². The number of rotatable bonds is 6. The van der Waals surface area contributed by atoms with Gasteiger partial charge in [0, 0.05) is 5.71 Å². The fraction of sp³-hybridized carbons (Fsp3) is 0.0870. The number of nitrogens with one attached hydrogen (secondary N) is 1. The molecule has 0 radical (unpaired) electrons. The van der Waals surface area contributed by atoms with Crippen LogP contribution in [0.5, 0.6) is 0 Å². The lowest BCUT2D eigenvalue weighted by Crippen LogP contribution is -2.17. The topological polar surface area (TPSA) is 24.4 Å². The van der Waals surface area contributed by atoms with Crippen LogP contribution in [0.1, 0.15) is 24.2 Å². The summed E-state index contributed by atoms with van der Waals surface area (Å²) in [5, 5.41) is 3.49. The van der Waals surface area contributed by atoms with Crippen molar-refractivity contribution in [3.05, 3.63) is 108 Å². The highest BCUT2D eigenvalue weighted by Crippen LogP contribution is 2.21. The molecule has 0 bridgehead atoms. The molecule has 3 aromatic rings. The summed E-state index contributed by atoms with van der Waals surface area (Å²) in [4.78, 5) is 4.82. The van der Waals surface area contributed by atoms with Crippen molar-refractivity contribution in [2.75, 3.05) is 0 Å². The molecule has 3 heteroatoms. The monoisotopic (exact) mass is 360 g/mol. The van der Waals surface area contributed by atoms with Gasteiger partial charge >= 0.3 is 0 Å². The van der Waals surface area contributed by atoms with E-state index in [9.17, 15) is 0 Å². The van der Waals surface area contributed by atoms with Crippen molar-refractivity contribution in [3.63, 3.8) is 0 Å². The predicted octanol–water partition coefficient (Wildman–Crippen LogP) is 6.16. The van der Waals surface area contributed by atoms with Crippen LogP contribution in [0.2, 0.25) is 0 Å². The van der Waals surface area contributed by atoms with Crippen LogP contribution in [0.4, 0.5) is 0 Å². The third-order valence-electron chi connectivity index (χ3n) is 4.14. The van der Waals surface area contributed by atoms with E-state index >= 15 is 0 Å². The minimum absolute atomic E-state index is 0.269. The molecule has 3 aromatic carbocycles. The van der Waals surface area contributed by atoms with Gasteiger partial charge in [0.05, 0.1) is 5.16 Å². The molecule has 0 aliphatic heterocycles. The number of hydrogen-bond donors (Lipinski definition) is 1. The van der Waals surface area contributed by atoms with Crippen molar-refractivity contribution in [1.29, 1.82) is 0 Å². The van der Waals surface area contributed by atoms with E-state index in [0.717, 1.165) is 16.8 Å². The molecule has 0 amide bonds. The first-order valence-corrected chi connectivity index (χ1v) is 8.87. The van der Waals surface area contributed by atoms with Crippen molar-refractivity contribution in [2.45, 2.75) is 13.1 Å². The van der Waals surface area contributed by atoms with E-state index in [1.807, 2.05) is 55.5 Å². The van der Waals surface area contributed by atoms with E-state index in [0.29, 0.717) is 5.16 Å². The molecule has 2 nitrogen and oxygen atoms in total. The summed E-state index contributed by atoms with van der Waals surface area (Å²) in [5.41, 5.74) is 5.44. The summed E-state index contributed by atoms with van der Waals surface area (Å²) in [6.45, 7) is 5.74. The lowest BCUT2D eigenvalue weighted by atomic mass is 10.0. The molecular formula is C23H21ClN2. The van der Waals surface area contributed by atoms with Gasteiger partial charge in [-0.05, 0) is 29.2 Å². The number of hydrogen-bond acceptors (Lipinski definition) is 2. The molecule has 0 aliphatic carbocycles. The molecule has 130 valence electrons. The normalized spacial score (nSPS) is 12.5. The molecule has 0 aliphatic rings. The molecule has 1 unspecified atom stereocenters. The summed E-state index contributed by atoms with van der Waals surface area (Å²) in [7, 11) is 0. The van der Waals surface area contributed by atoms with Gasteiger partial charge in [-0.3, -0.25) is 4.99 Å². The average Bonchev–Trinajstić information content (AvgIpc) is 2.68. The maximum absolute atomic E-state index is 5.97. The van der Waals surface area contributed by atoms with Gasteiger partial charge < -0.3 is 5.32 Å². The van der Waals surface area contributed by atoms with Crippen molar-refractivity contribution in [3.8, 4) is 11.1 Å². The second-order valence-electron chi connectivity index (χ2n) is 6.02. The Bertz CT molecular complexity index is 885. The molecule has 1 atom stereocenters. The zero-order valence-corrected chi connectivity index (χ0v) is 15.4. The van der Waals surface area contributed by atoms with Crippen LogP contribution in [0.15, 0.2) is 102 Å². The lowest BCUT2D eigenvalue weighted by Gasteiger charge is -2.16. The molecule has 0 heterocycles. The summed E-state index contributed by atoms with van der Waals surface area (Å²) in [5.74, 6) is 0. The maximum Gasteiger partial charge on any atom is 0.145 e. The third-order valence-corrected chi connectivity index (χ3v) is 4.25. The standard InChI is InChI=1S/C23H21ClN2/c1-17(25-23(26-18(2)24)22-11-7-4-8-12-22)19-13-15-21(16-14-19)20-9-5-3-6-10-20/h3-16,23,26H,2H2,1H3. The molecule has 26 heavy (non-hydrogen) atoms. The fourth-order valence-electron chi connectivity index (χ4n) is 2.78. The Morgan fingerprint density at radius 2 is 1.38 bits per heavy atom. The SMILES string of the molecule is C=C(Cl)NC(N=C(C)c1ccc(-c2ccccc2)cc1)c1ccccc1. The minimum atomic E-state index is -0.269. The molecule has 0 saturated heterocycles. The summed E-state index contributed by atoms with van der Waals surface area (Å²) in [6.07, 6.45) is -0.269. The molecule has 0 fully saturated rings. The van der Waals surface area contributed by atoms with Crippen LogP contribution in [-0.4, -0.2) is 5.71 Å². The van der Waals surface area contributed by atoms with Crippen LogP contribution >= 0.6 is 11.6 Å². The van der Waals surface area contributed by atoms with Gasteiger partial charge in [-0.1, -0.05) is 103 Å². The Balaban J connectivity index is 1.86. The van der Waals surface area contributed by atoms with E-state index in [2.05, 4.69) is 48.3 Å². The van der Waals surface area contributed by atoms with Crippen LogP contribution < -0.4 is 5.32 Å². The Kier molecular flexibility index (Phi) is 5.88. The van der Waals surface area contributed by atoms with Gasteiger partial charge in [-0.15, -0.1) is 0 Å². The van der Waals surface area contributed by atoms with Crippen molar-refractivity contribution < 1.29 is 0 Å². The van der Waals surface area contributed by atoms with Crippen molar-refractivity contribution >= 4 is 17.3 Å². The van der Waals surface area contributed by atoms with Crippen LogP contribution in [0.25, 0.3) is 11.1 Å². The number of benzene rings is 3. The van der Waals surface area contributed by atoms with Gasteiger partial charge in [-0.25, -0.2) is 0 Å². The van der Waals surface area contributed by atoms with Crippen LogP contribution in [0.3, 0.4) is 0 Å². The fourth-order valence-corrected chi connectivity index (χ4v) is 2.88. The van der Waals surface area contributed by atoms with Crippen LogP contribution in [-0.2, 0) is 0 Å². The summed E-state index contributed by atoms with van der Waals surface area (Å²) in [6, 6.07) is 28.8.